The third-order valence-corrected chi connectivity index (χ3v) is 3.78. The lowest BCUT2D eigenvalue weighted by molar-refractivity contribution is -0.154. The van der Waals surface area contributed by atoms with Crippen molar-refractivity contribution in [1.82, 2.24) is 0 Å². The average molecular weight is 255 g/mol. The lowest BCUT2D eigenvalue weighted by Gasteiger charge is -2.18. The van der Waals surface area contributed by atoms with Crippen molar-refractivity contribution >= 4 is 5.97 Å². The summed E-state index contributed by atoms with van der Waals surface area (Å²) in [4.78, 5) is 11.9. The molecule has 0 aliphatic heterocycles. The van der Waals surface area contributed by atoms with E-state index in [2.05, 4.69) is 0 Å². The first kappa shape index (κ1) is 15.5. The van der Waals surface area contributed by atoms with Gasteiger partial charge in [0.05, 0.1) is 5.92 Å². The van der Waals surface area contributed by atoms with Gasteiger partial charge in [-0.1, -0.05) is 26.2 Å². The minimum Gasteiger partial charge on any atom is -0.462 e. The summed E-state index contributed by atoms with van der Waals surface area (Å²) >= 11 is 0. The smallest absolute Gasteiger partial charge is 0.308 e. The molecule has 3 heteroatoms. The fraction of sp³-hybridized carbons (Fsp3) is 0.933. The normalized spacial score (nSPS) is 21.1. The Labute approximate surface area is 111 Å². The molecule has 1 fully saturated rings. The van der Waals surface area contributed by atoms with Crippen LogP contribution in [-0.4, -0.2) is 18.1 Å². The van der Waals surface area contributed by atoms with Gasteiger partial charge in [-0.3, -0.25) is 4.79 Å². The summed E-state index contributed by atoms with van der Waals surface area (Å²) in [6, 6.07) is 0.232. The van der Waals surface area contributed by atoms with E-state index < -0.39 is 0 Å². The van der Waals surface area contributed by atoms with Crippen LogP contribution in [0.25, 0.3) is 0 Å². The minimum absolute atomic E-state index is 0.00780. The van der Waals surface area contributed by atoms with Crippen molar-refractivity contribution in [2.24, 2.45) is 11.7 Å². The summed E-state index contributed by atoms with van der Waals surface area (Å²) in [6.07, 6.45) is 10.2. The van der Waals surface area contributed by atoms with Crippen LogP contribution < -0.4 is 5.73 Å². The molecule has 106 valence electrons. The molecule has 0 aromatic heterocycles. The lowest BCUT2D eigenvalue weighted by Crippen LogP contribution is -2.23. The molecule has 1 aliphatic rings. The zero-order valence-corrected chi connectivity index (χ0v) is 12.0. The first-order valence-corrected chi connectivity index (χ1v) is 7.55. The van der Waals surface area contributed by atoms with Crippen LogP contribution >= 0.6 is 0 Å². The first-order valence-electron chi connectivity index (χ1n) is 7.55. The monoisotopic (exact) mass is 255 g/mol. The summed E-state index contributed by atoms with van der Waals surface area (Å²) in [6.45, 7) is 3.98. The maximum absolute atomic E-state index is 11.9. The van der Waals surface area contributed by atoms with Gasteiger partial charge in [-0.05, 0) is 45.4 Å². The zero-order chi connectivity index (χ0) is 13.4. The maximum atomic E-state index is 11.9. The zero-order valence-electron chi connectivity index (χ0n) is 12.0. The Balaban J connectivity index is 2.21. The van der Waals surface area contributed by atoms with Crippen LogP contribution in [0.3, 0.4) is 0 Å². The van der Waals surface area contributed by atoms with E-state index in [-0.39, 0.29) is 24.0 Å². The van der Waals surface area contributed by atoms with Gasteiger partial charge in [-0.2, -0.15) is 0 Å². The van der Waals surface area contributed by atoms with Gasteiger partial charge in [0, 0.05) is 6.04 Å². The molecule has 0 spiro atoms. The highest BCUT2D eigenvalue weighted by Gasteiger charge is 2.20. The number of carbonyl (C=O) groups excluding carboxylic acids is 1. The number of carbonyl (C=O) groups is 1. The van der Waals surface area contributed by atoms with E-state index in [0.29, 0.717) is 0 Å². The molecule has 2 atom stereocenters. The second-order valence-electron chi connectivity index (χ2n) is 5.86. The molecule has 0 aromatic rings. The van der Waals surface area contributed by atoms with E-state index in [1.165, 1.54) is 25.7 Å². The molecule has 0 bridgehead atoms. The Morgan fingerprint density at radius 2 is 1.78 bits per heavy atom. The summed E-state index contributed by atoms with van der Waals surface area (Å²) in [5.41, 5.74) is 5.71. The molecule has 2 unspecified atom stereocenters. The van der Waals surface area contributed by atoms with Crippen LogP contribution in [0.1, 0.15) is 71.6 Å². The van der Waals surface area contributed by atoms with E-state index in [4.69, 9.17) is 10.5 Å². The SMILES string of the molecule is CC(N)CCCC(C)C(=O)OC1CCCCCC1. The second-order valence-corrected chi connectivity index (χ2v) is 5.86. The quantitative estimate of drug-likeness (QED) is 0.584. The predicted molar refractivity (Wildman–Crippen MR) is 74.2 cm³/mol. The highest BCUT2D eigenvalue weighted by molar-refractivity contribution is 5.72. The van der Waals surface area contributed by atoms with Gasteiger partial charge >= 0.3 is 5.97 Å². The number of esters is 1. The Hall–Kier alpha value is -0.570. The van der Waals surface area contributed by atoms with Crippen LogP contribution in [0, 0.1) is 5.92 Å². The van der Waals surface area contributed by atoms with Gasteiger partial charge < -0.3 is 10.5 Å². The van der Waals surface area contributed by atoms with E-state index >= 15 is 0 Å². The molecule has 0 radical (unpaired) electrons. The fourth-order valence-electron chi connectivity index (χ4n) is 2.50. The average Bonchev–Trinajstić information content (AvgIpc) is 2.57. The molecule has 18 heavy (non-hydrogen) atoms. The molecule has 0 aromatic carbocycles. The maximum Gasteiger partial charge on any atom is 0.308 e. The van der Waals surface area contributed by atoms with Crippen molar-refractivity contribution in [2.75, 3.05) is 0 Å². The van der Waals surface area contributed by atoms with Crippen LogP contribution in [0.4, 0.5) is 0 Å². The van der Waals surface area contributed by atoms with Crippen LogP contribution in [0.2, 0.25) is 0 Å². The number of nitrogens with two attached hydrogens (primary N) is 1. The Morgan fingerprint density at radius 3 is 2.33 bits per heavy atom. The van der Waals surface area contributed by atoms with Crippen molar-refractivity contribution < 1.29 is 9.53 Å². The summed E-state index contributed by atoms with van der Waals surface area (Å²) in [7, 11) is 0. The predicted octanol–water partition coefficient (Wildman–Crippen LogP) is 3.41. The minimum atomic E-state index is -0.00780. The third-order valence-electron chi connectivity index (χ3n) is 3.78. The van der Waals surface area contributed by atoms with E-state index in [1.807, 2.05) is 13.8 Å². The fourth-order valence-corrected chi connectivity index (χ4v) is 2.50. The van der Waals surface area contributed by atoms with Crippen LogP contribution in [0.5, 0.6) is 0 Å². The van der Waals surface area contributed by atoms with E-state index in [1.54, 1.807) is 0 Å². The molecular weight excluding hydrogens is 226 g/mol. The first-order chi connectivity index (χ1) is 8.59. The summed E-state index contributed by atoms with van der Waals surface area (Å²) < 4.78 is 5.62. The number of hydrogen-bond donors (Lipinski definition) is 1. The van der Waals surface area contributed by atoms with Crippen molar-refractivity contribution in [1.29, 1.82) is 0 Å². The van der Waals surface area contributed by atoms with Crippen molar-refractivity contribution in [2.45, 2.75) is 83.8 Å². The van der Waals surface area contributed by atoms with Gasteiger partial charge in [-0.25, -0.2) is 0 Å². The lowest BCUT2D eigenvalue weighted by atomic mass is 10.0. The Kier molecular flexibility index (Phi) is 7.33. The topological polar surface area (TPSA) is 52.3 Å². The molecule has 0 amide bonds. The highest BCUT2D eigenvalue weighted by atomic mass is 16.5. The van der Waals surface area contributed by atoms with Crippen molar-refractivity contribution in [3.8, 4) is 0 Å². The Bertz CT molecular complexity index is 233. The molecule has 2 N–H and O–H groups in total. The summed E-state index contributed by atoms with van der Waals surface area (Å²) in [5, 5.41) is 0. The van der Waals surface area contributed by atoms with Crippen molar-refractivity contribution in [3.63, 3.8) is 0 Å². The number of ether oxygens (including phenoxy) is 1. The highest BCUT2D eigenvalue weighted by Crippen LogP contribution is 2.21. The molecule has 0 saturated heterocycles. The van der Waals surface area contributed by atoms with Crippen LogP contribution in [0.15, 0.2) is 0 Å². The van der Waals surface area contributed by atoms with Gasteiger partial charge in [0.2, 0.25) is 0 Å². The van der Waals surface area contributed by atoms with Crippen LogP contribution in [-0.2, 0) is 9.53 Å². The molecule has 1 aliphatic carbocycles. The molecular formula is C15H29NO2. The second kappa shape index (κ2) is 8.52. The molecule has 1 saturated carbocycles. The van der Waals surface area contributed by atoms with Crippen molar-refractivity contribution in [3.05, 3.63) is 0 Å². The largest absolute Gasteiger partial charge is 0.462 e. The summed E-state index contributed by atoms with van der Waals surface area (Å²) in [5.74, 6) is 0.0126. The van der Waals surface area contributed by atoms with Gasteiger partial charge in [0.25, 0.3) is 0 Å². The number of rotatable bonds is 6. The third kappa shape index (κ3) is 6.39. The van der Waals surface area contributed by atoms with E-state index in [0.717, 1.165) is 32.1 Å². The van der Waals surface area contributed by atoms with Gasteiger partial charge in [0.15, 0.2) is 0 Å². The molecule has 3 nitrogen and oxygen atoms in total. The van der Waals surface area contributed by atoms with Gasteiger partial charge in [0.1, 0.15) is 6.10 Å². The molecule has 0 heterocycles. The number of hydrogen-bond acceptors (Lipinski definition) is 3. The van der Waals surface area contributed by atoms with E-state index in [9.17, 15) is 4.79 Å². The van der Waals surface area contributed by atoms with Gasteiger partial charge in [-0.15, -0.1) is 0 Å². The molecule has 1 rings (SSSR count). The Morgan fingerprint density at radius 1 is 1.17 bits per heavy atom. The standard InChI is InChI=1S/C15H29NO2/c1-12(8-7-9-13(2)16)15(17)18-14-10-5-3-4-6-11-14/h12-14H,3-11,16H2,1-2H3.